The summed E-state index contributed by atoms with van der Waals surface area (Å²) >= 11 is 0. The van der Waals surface area contributed by atoms with E-state index in [1.165, 1.54) is 0 Å². The average Bonchev–Trinajstić information content (AvgIpc) is 2.41. The topological polar surface area (TPSA) is 52.6 Å². The van der Waals surface area contributed by atoms with Crippen LogP contribution in [0.4, 0.5) is 0 Å². The third-order valence-corrected chi connectivity index (χ3v) is 2.01. The average molecular weight is 212 g/mol. The van der Waals surface area contributed by atoms with Gasteiger partial charge in [-0.3, -0.25) is 4.79 Å². The highest BCUT2D eigenvalue weighted by molar-refractivity contribution is 5.90. The molecule has 15 heavy (non-hydrogen) atoms. The van der Waals surface area contributed by atoms with E-state index in [0.29, 0.717) is 5.57 Å². The molecule has 1 atom stereocenters. The summed E-state index contributed by atoms with van der Waals surface area (Å²) in [4.78, 5) is 22.4. The van der Waals surface area contributed by atoms with Gasteiger partial charge in [0.1, 0.15) is 6.61 Å². The van der Waals surface area contributed by atoms with Crippen molar-refractivity contribution in [2.75, 3.05) is 6.61 Å². The Balaban J connectivity index is 2.40. The van der Waals surface area contributed by atoms with Gasteiger partial charge >= 0.3 is 11.9 Å². The number of cyclic esters (lactones) is 1. The Morgan fingerprint density at radius 2 is 2.13 bits per heavy atom. The minimum atomic E-state index is -0.526. The van der Waals surface area contributed by atoms with Gasteiger partial charge in [0, 0.05) is 5.57 Å². The zero-order valence-corrected chi connectivity index (χ0v) is 9.49. The molecule has 0 aromatic carbocycles. The van der Waals surface area contributed by atoms with Crippen LogP contribution in [-0.4, -0.2) is 24.6 Å². The van der Waals surface area contributed by atoms with Crippen molar-refractivity contribution in [2.45, 2.75) is 33.8 Å². The molecule has 1 rings (SSSR count). The lowest BCUT2D eigenvalue weighted by molar-refractivity contribution is -0.158. The van der Waals surface area contributed by atoms with Crippen molar-refractivity contribution in [3.8, 4) is 0 Å². The van der Waals surface area contributed by atoms with E-state index in [2.05, 4.69) is 0 Å². The van der Waals surface area contributed by atoms with E-state index in [1.807, 2.05) is 0 Å². The summed E-state index contributed by atoms with van der Waals surface area (Å²) < 4.78 is 9.95. The van der Waals surface area contributed by atoms with Crippen LogP contribution in [0.3, 0.4) is 0 Å². The number of rotatable bonds is 2. The Hall–Kier alpha value is -1.32. The first-order valence-electron chi connectivity index (χ1n) is 4.87. The quantitative estimate of drug-likeness (QED) is 0.650. The van der Waals surface area contributed by atoms with Crippen molar-refractivity contribution in [2.24, 2.45) is 5.41 Å². The van der Waals surface area contributed by atoms with Gasteiger partial charge < -0.3 is 9.47 Å². The van der Waals surface area contributed by atoms with Gasteiger partial charge in [-0.15, -0.1) is 0 Å². The molecule has 0 fully saturated rings. The molecule has 4 nitrogen and oxygen atoms in total. The molecule has 0 unspecified atom stereocenters. The van der Waals surface area contributed by atoms with Crippen LogP contribution in [0.15, 0.2) is 11.6 Å². The molecule has 1 heterocycles. The second-order valence-electron chi connectivity index (χ2n) is 4.64. The van der Waals surface area contributed by atoms with Crippen LogP contribution in [0.5, 0.6) is 0 Å². The molecule has 0 spiro atoms. The summed E-state index contributed by atoms with van der Waals surface area (Å²) in [5.74, 6) is -0.636. The monoisotopic (exact) mass is 212 g/mol. The minimum absolute atomic E-state index is 0.0964. The first-order valence-corrected chi connectivity index (χ1v) is 4.87. The summed E-state index contributed by atoms with van der Waals surface area (Å²) in [5, 5.41) is 0. The van der Waals surface area contributed by atoms with Crippen LogP contribution in [0.2, 0.25) is 0 Å². The maximum atomic E-state index is 11.4. The largest absolute Gasteiger partial charge is 0.461 e. The maximum Gasteiger partial charge on any atom is 0.334 e. The molecule has 0 aliphatic carbocycles. The summed E-state index contributed by atoms with van der Waals surface area (Å²) in [6.45, 7) is 7.10. The van der Waals surface area contributed by atoms with Crippen molar-refractivity contribution in [3.63, 3.8) is 0 Å². The number of carbonyl (C=O) groups excluding carboxylic acids is 2. The normalized spacial score (nSPS) is 20.9. The van der Waals surface area contributed by atoms with E-state index < -0.39 is 11.5 Å². The molecule has 0 saturated carbocycles. The van der Waals surface area contributed by atoms with Crippen molar-refractivity contribution in [1.82, 2.24) is 0 Å². The van der Waals surface area contributed by atoms with Crippen LogP contribution in [0.25, 0.3) is 0 Å². The van der Waals surface area contributed by atoms with Gasteiger partial charge in [-0.1, -0.05) is 0 Å². The van der Waals surface area contributed by atoms with Crippen LogP contribution in [-0.2, 0) is 19.1 Å². The van der Waals surface area contributed by atoms with Gasteiger partial charge in [0.05, 0.1) is 5.41 Å². The molecule has 0 radical (unpaired) electrons. The third kappa shape index (κ3) is 3.08. The van der Waals surface area contributed by atoms with Gasteiger partial charge in [-0.25, -0.2) is 4.79 Å². The number of hydrogen-bond donors (Lipinski definition) is 0. The van der Waals surface area contributed by atoms with E-state index in [9.17, 15) is 9.59 Å². The lowest BCUT2D eigenvalue weighted by Crippen LogP contribution is -2.27. The van der Waals surface area contributed by atoms with E-state index in [-0.39, 0.29) is 18.5 Å². The van der Waals surface area contributed by atoms with Crippen molar-refractivity contribution >= 4 is 11.9 Å². The summed E-state index contributed by atoms with van der Waals surface area (Å²) in [6.07, 6.45) is 1.24. The van der Waals surface area contributed by atoms with E-state index in [1.54, 1.807) is 33.8 Å². The van der Waals surface area contributed by atoms with E-state index >= 15 is 0 Å². The maximum absolute atomic E-state index is 11.4. The Labute approximate surface area is 89.2 Å². The van der Waals surface area contributed by atoms with Crippen molar-refractivity contribution in [1.29, 1.82) is 0 Å². The molecule has 0 N–H and O–H groups in total. The van der Waals surface area contributed by atoms with Crippen LogP contribution in [0.1, 0.15) is 27.7 Å². The smallest absolute Gasteiger partial charge is 0.334 e. The SMILES string of the molecule is CC1=C[C@@H](COC(=O)C(C)(C)C)OC1=O. The Kier molecular flexibility index (Phi) is 3.17. The zero-order valence-electron chi connectivity index (χ0n) is 9.49. The van der Waals surface area contributed by atoms with Crippen LogP contribution in [0, 0.1) is 5.41 Å². The van der Waals surface area contributed by atoms with Gasteiger partial charge in [0.15, 0.2) is 6.10 Å². The summed E-state index contributed by atoms with van der Waals surface area (Å²) in [5.41, 5.74) is 0.0354. The molecule has 0 aromatic heterocycles. The second-order valence-corrected chi connectivity index (χ2v) is 4.64. The standard InChI is InChI=1S/C11H16O4/c1-7-5-8(15-9(7)12)6-14-10(13)11(2,3)4/h5,8H,6H2,1-4H3/t8-/m0/s1. The van der Waals surface area contributed by atoms with Gasteiger partial charge in [-0.2, -0.15) is 0 Å². The molecule has 0 saturated heterocycles. The fourth-order valence-electron chi connectivity index (χ4n) is 1.07. The first-order chi connectivity index (χ1) is 6.80. The molecule has 84 valence electrons. The molecule has 0 aromatic rings. The number of ether oxygens (including phenoxy) is 2. The van der Waals surface area contributed by atoms with E-state index in [0.717, 1.165) is 0 Å². The fraction of sp³-hybridized carbons (Fsp3) is 0.636. The zero-order chi connectivity index (χ0) is 11.6. The predicted molar refractivity (Wildman–Crippen MR) is 54.1 cm³/mol. The fourth-order valence-corrected chi connectivity index (χ4v) is 1.07. The molecule has 0 amide bonds. The molecular weight excluding hydrogens is 196 g/mol. The Morgan fingerprint density at radius 3 is 2.53 bits per heavy atom. The minimum Gasteiger partial charge on any atom is -0.461 e. The highest BCUT2D eigenvalue weighted by Gasteiger charge is 2.27. The van der Waals surface area contributed by atoms with Gasteiger partial charge in [-0.05, 0) is 33.8 Å². The molecular formula is C11H16O4. The van der Waals surface area contributed by atoms with Crippen LogP contribution >= 0.6 is 0 Å². The van der Waals surface area contributed by atoms with Crippen molar-refractivity contribution < 1.29 is 19.1 Å². The third-order valence-electron chi connectivity index (χ3n) is 2.01. The molecule has 1 aliphatic rings. The second kappa shape index (κ2) is 4.04. The van der Waals surface area contributed by atoms with Crippen molar-refractivity contribution in [3.05, 3.63) is 11.6 Å². The van der Waals surface area contributed by atoms with Crippen LogP contribution < -0.4 is 0 Å². The lowest BCUT2D eigenvalue weighted by atomic mass is 9.97. The lowest BCUT2D eigenvalue weighted by Gasteiger charge is -2.17. The van der Waals surface area contributed by atoms with E-state index in [4.69, 9.17) is 9.47 Å². The first kappa shape index (κ1) is 11.8. The molecule has 1 aliphatic heterocycles. The van der Waals surface area contributed by atoms with Gasteiger partial charge in [0.25, 0.3) is 0 Å². The number of esters is 2. The highest BCUT2D eigenvalue weighted by atomic mass is 16.6. The number of carbonyl (C=O) groups is 2. The Bertz CT molecular complexity index is 309. The molecule has 0 bridgehead atoms. The summed E-state index contributed by atoms with van der Waals surface area (Å²) in [6, 6.07) is 0. The molecule has 4 heteroatoms. The highest BCUT2D eigenvalue weighted by Crippen LogP contribution is 2.17. The number of hydrogen-bond acceptors (Lipinski definition) is 4. The van der Waals surface area contributed by atoms with Gasteiger partial charge in [0.2, 0.25) is 0 Å². The summed E-state index contributed by atoms with van der Waals surface area (Å²) in [7, 11) is 0. The Morgan fingerprint density at radius 1 is 1.53 bits per heavy atom. The predicted octanol–water partition coefficient (Wildman–Crippen LogP) is 1.45.